The van der Waals surface area contributed by atoms with E-state index in [9.17, 15) is 4.79 Å². The summed E-state index contributed by atoms with van der Waals surface area (Å²) in [5.74, 6) is -0.252. The second-order valence-electron chi connectivity index (χ2n) is 4.53. The minimum Gasteiger partial charge on any atom is -0.349 e. The Morgan fingerprint density at radius 2 is 2.24 bits per heavy atom. The van der Waals surface area contributed by atoms with Crippen LogP contribution in [0.25, 0.3) is 10.9 Å². The van der Waals surface area contributed by atoms with Gasteiger partial charge in [0.1, 0.15) is 5.69 Å². The molecule has 21 heavy (non-hydrogen) atoms. The summed E-state index contributed by atoms with van der Waals surface area (Å²) >= 11 is 13.7. The number of hydrogen-bond donors (Lipinski definition) is 2. The van der Waals surface area contributed by atoms with E-state index in [2.05, 4.69) is 15.3 Å². The molecule has 0 bridgehead atoms. The van der Waals surface area contributed by atoms with Gasteiger partial charge in [0.05, 0.1) is 16.6 Å². The molecule has 4 nitrogen and oxygen atoms in total. The Bertz CT molecular complexity index is 825. The van der Waals surface area contributed by atoms with Crippen LogP contribution in [0.5, 0.6) is 0 Å². The van der Waals surface area contributed by atoms with Crippen molar-refractivity contribution in [2.24, 2.45) is 0 Å². The Labute approximate surface area is 135 Å². The lowest BCUT2D eigenvalue weighted by Gasteiger charge is -2.01. The molecule has 3 rings (SSSR count). The molecule has 2 aromatic heterocycles. The molecule has 3 aromatic rings. The van der Waals surface area contributed by atoms with Crippen molar-refractivity contribution >= 4 is 51.3 Å². The van der Waals surface area contributed by atoms with Crippen molar-refractivity contribution in [3.05, 3.63) is 50.0 Å². The average Bonchev–Trinajstić information content (AvgIpc) is 3.01. The van der Waals surface area contributed by atoms with Gasteiger partial charge < -0.3 is 10.3 Å². The Kier molecular flexibility index (Phi) is 3.89. The quantitative estimate of drug-likeness (QED) is 0.752. The van der Waals surface area contributed by atoms with E-state index in [1.165, 1.54) is 0 Å². The molecule has 2 heterocycles. The van der Waals surface area contributed by atoms with E-state index in [0.717, 1.165) is 20.8 Å². The average molecular weight is 340 g/mol. The number of benzene rings is 1. The molecule has 2 N–H and O–H groups in total. The summed E-state index contributed by atoms with van der Waals surface area (Å²) in [6, 6.07) is 5.28. The number of nitrogens with zero attached hydrogens (tertiary/aromatic N) is 1. The van der Waals surface area contributed by atoms with Crippen molar-refractivity contribution in [3.8, 4) is 0 Å². The normalized spacial score (nSPS) is 11.0. The van der Waals surface area contributed by atoms with Gasteiger partial charge in [-0.05, 0) is 25.1 Å². The maximum atomic E-state index is 12.2. The number of aryl methyl sites for hydroxylation is 1. The van der Waals surface area contributed by atoms with Gasteiger partial charge in [0.25, 0.3) is 5.91 Å². The minimum atomic E-state index is -0.252. The number of carbonyl (C=O) groups excluding carboxylic acids is 1. The number of H-pyrrole nitrogens is 1. The van der Waals surface area contributed by atoms with Gasteiger partial charge >= 0.3 is 0 Å². The van der Waals surface area contributed by atoms with Gasteiger partial charge in [-0.3, -0.25) is 4.79 Å². The molecule has 7 heteroatoms. The van der Waals surface area contributed by atoms with Gasteiger partial charge in [0, 0.05) is 27.0 Å². The third-order valence-corrected chi connectivity index (χ3v) is 4.56. The lowest BCUT2D eigenvalue weighted by atomic mass is 10.2. The predicted octanol–water partition coefficient (Wildman–Crippen LogP) is 4.17. The number of thiazole rings is 1. The third kappa shape index (κ3) is 2.90. The molecule has 0 fully saturated rings. The SMILES string of the molecule is Cc1ncc(CNC(=O)c2[nH]c3ccc(Cl)cc3c2Cl)s1. The highest BCUT2D eigenvalue weighted by Crippen LogP contribution is 2.29. The van der Waals surface area contributed by atoms with Crippen LogP contribution in [0.2, 0.25) is 10.0 Å². The molecule has 0 saturated heterocycles. The van der Waals surface area contributed by atoms with Crippen molar-refractivity contribution in [1.29, 1.82) is 0 Å². The molecule has 0 aliphatic heterocycles. The summed E-state index contributed by atoms with van der Waals surface area (Å²) in [5, 5.41) is 5.50. The van der Waals surface area contributed by atoms with Gasteiger partial charge in [-0.2, -0.15) is 0 Å². The monoisotopic (exact) mass is 339 g/mol. The summed E-state index contributed by atoms with van der Waals surface area (Å²) in [4.78, 5) is 20.4. The van der Waals surface area contributed by atoms with Gasteiger partial charge in [-0.25, -0.2) is 4.98 Å². The minimum absolute atomic E-state index is 0.252. The van der Waals surface area contributed by atoms with E-state index in [1.807, 2.05) is 6.92 Å². The zero-order valence-electron chi connectivity index (χ0n) is 11.0. The first-order chi connectivity index (χ1) is 10.0. The highest BCUT2D eigenvalue weighted by atomic mass is 35.5. The van der Waals surface area contributed by atoms with E-state index >= 15 is 0 Å². The summed E-state index contributed by atoms with van der Waals surface area (Å²) in [6.07, 6.45) is 1.76. The molecule has 0 aliphatic carbocycles. The van der Waals surface area contributed by atoms with Crippen LogP contribution in [0, 0.1) is 6.92 Å². The topological polar surface area (TPSA) is 57.8 Å². The smallest absolute Gasteiger partial charge is 0.269 e. The number of rotatable bonds is 3. The van der Waals surface area contributed by atoms with E-state index in [1.54, 1.807) is 35.7 Å². The molecule has 0 aliphatic rings. The first-order valence-corrected chi connectivity index (χ1v) is 7.78. The summed E-state index contributed by atoms with van der Waals surface area (Å²) in [6.45, 7) is 2.35. The molecule has 108 valence electrons. The number of nitrogens with one attached hydrogen (secondary N) is 2. The number of halogens is 2. The largest absolute Gasteiger partial charge is 0.349 e. The molecule has 0 radical (unpaired) electrons. The van der Waals surface area contributed by atoms with Crippen LogP contribution in [0.15, 0.2) is 24.4 Å². The second-order valence-corrected chi connectivity index (χ2v) is 6.67. The number of hydrogen-bond acceptors (Lipinski definition) is 3. The van der Waals surface area contributed by atoms with Gasteiger partial charge in [-0.15, -0.1) is 11.3 Å². The molecular formula is C14H11Cl2N3OS. The molecule has 0 saturated carbocycles. The van der Waals surface area contributed by atoms with Crippen LogP contribution < -0.4 is 5.32 Å². The Morgan fingerprint density at radius 3 is 2.95 bits per heavy atom. The maximum Gasteiger partial charge on any atom is 0.269 e. The fourth-order valence-corrected chi connectivity index (χ4v) is 3.23. The van der Waals surface area contributed by atoms with Crippen LogP contribution in [0.4, 0.5) is 0 Å². The number of amides is 1. The van der Waals surface area contributed by atoms with Crippen LogP contribution in [-0.2, 0) is 6.54 Å². The molecule has 1 aromatic carbocycles. The molecule has 0 spiro atoms. The van der Waals surface area contributed by atoms with Gasteiger partial charge in [0.2, 0.25) is 0 Å². The van der Waals surface area contributed by atoms with Crippen LogP contribution >= 0.6 is 34.5 Å². The van der Waals surface area contributed by atoms with E-state index in [0.29, 0.717) is 22.3 Å². The standard InChI is InChI=1S/C14H11Cl2N3OS/c1-7-17-5-9(21-7)6-18-14(20)13-12(16)10-4-8(15)2-3-11(10)19-13/h2-5,19H,6H2,1H3,(H,18,20). The van der Waals surface area contributed by atoms with Crippen molar-refractivity contribution in [1.82, 2.24) is 15.3 Å². The molecule has 0 unspecified atom stereocenters. The van der Waals surface area contributed by atoms with Crippen molar-refractivity contribution in [3.63, 3.8) is 0 Å². The Hall–Kier alpha value is -1.56. The second kappa shape index (κ2) is 5.67. The predicted molar refractivity (Wildman–Crippen MR) is 86.3 cm³/mol. The number of aromatic nitrogens is 2. The van der Waals surface area contributed by atoms with Crippen molar-refractivity contribution in [2.45, 2.75) is 13.5 Å². The fraction of sp³-hybridized carbons (Fsp3) is 0.143. The molecule has 1 amide bonds. The summed E-state index contributed by atoms with van der Waals surface area (Å²) in [5.41, 5.74) is 1.12. The van der Waals surface area contributed by atoms with E-state index in [4.69, 9.17) is 23.2 Å². The van der Waals surface area contributed by atoms with Crippen LogP contribution in [0.1, 0.15) is 20.4 Å². The van der Waals surface area contributed by atoms with Gasteiger partial charge in [-0.1, -0.05) is 23.2 Å². The van der Waals surface area contributed by atoms with Crippen molar-refractivity contribution < 1.29 is 4.79 Å². The number of aromatic amines is 1. The van der Waals surface area contributed by atoms with Crippen LogP contribution in [0.3, 0.4) is 0 Å². The maximum absolute atomic E-state index is 12.2. The number of carbonyl (C=O) groups is 1. The Balaban J connectivity index is 1.82. The van der Waals surface area contributed by atoms with Crippen molar-refractivity contribution in [2.75, 3.05) is 0 Å². The molecule has 0 atom stereocenters. The zero-order valence-corrected chi connectivity index (χ0v) is 13.4. The lowest BCUT2D eigenvalue weighted by molar-refractivity contribution is 0.0947. The first kappa shape index (κ1) is 14.4. The highest BCUT2D eigenvalue weighted by Gasteiger charge is 2.16. The fourth-order valence-electron chi connectivity index (χ4n) is 2.03. The van der Waals surface area contributed by atoms with Crippen LogP contribution in [-0.4, -0.2) is 15.9 Å². The molecular weight excluding hydrogens is 329 g/mol. The lowest BCUT2D eigenvalue weighted by Crippen LogP contribution is -2.22. The first-order valence-electron chi connectivity index (χ1n) is 6.21. The number of fused-ring (bicyclic) bond motifs is 1. The third-order valence-electron chi connectivity index (χ3n) is 3.02. The zero-order chi connectivity index (χ0) is 15.0. The summed E-state index contributed by atoms with van der Waals surface area (Å²) in [7, 11) is 0. The van der Waals surface area contributed by atoms with E-state index < -0.39 is 0 Å². The summed E-state index contributed by atoms with van der Waals surface area (Å²) < 4.78 is 0. The van der Waals surface area contributed by atoms with Gasteiger partial charge in [0.15, 0.2) is 0 Å². The Morgan fingerprint density at radius 1 is 1.43 bits per heavy atom. The highest BCUT2D eigenvalue weighted by molar-refractivity contribution is 7.11. The van der Waals surface area contributed by atoms with E-state index in [-0.39, 0.29) is 5.91 Å².